The topological polar surface area (TPSA) is 39.1 Å². The molecule has 14 heavy (non-hydrogen) atoms. The van der Waals surface area contributed by atoms with Crippen LogP contribution in [0.25, 0.3) is 0 Å². The van der Waals surface area contributed by atoms with Crippen molar-refractivity contribution < 1.29 is 4.74 Å². The van der Waals surface area contributed by atoms with E-state index in [2.05, 4.69) is 10.4 Å². The van der Waals surface area contributed by atoms with Crippen LogP contribution in [0.3, 0.4) is 0 Å². The summed E-state index contributed by atoms with van der Waals surface area (Å²) in [6.45, 7) is 5.27. The fraction of sp³-hybridized carbons (Fsp3) is 0.667. The second-order valence-corrected chi connectivity index (χ2v) is 3.63. The highest BCUT2D eigenvalue weighted by molar-refractivity contribution is 6.30. The van der Waals surface area contributed by atoms with E-state index >= 15 is 0 Å². The van der Waals surface area contributed by atoms with Crippen LogP contribution in [0.1, 0.15) is 18.6 Å². The predicted molar refractivity (Wildman–Crippen MR) is 54.5 cm³/mol. The molecule has 1 atom stereocenters. The van der Waals surface area contributed by atoms with Crippen molar-refractivity contribution in [3.63, 3.8) is 0 Å². The number of nitrogens with one attached hydrogen (secondary N) is 1. The van der Waals surface area contributed by atoms with Crippen LogP contribution in [0, 0.1) is 0 Å². The van der Waals surface area contributed by atoms with Crippen LogP contribution in [0.2, 0.25) is 5.15 Å². The van der Waals surface area contributed by atoms with Crippen molar-refractivity contribution in [1.82, 2.24) is 15.1 Å². The molecular formula is C9H14ClN3O. The van der Waals surface area contributed by atoms with E-state index in [1.54, 1.807) is 10.9 Å². The van der Waals surface area contributed by atoms with Crippen molar-refractivity contribution in [2.24, 2.45) is 0 Å². The van der Waals surface area contributed by atoms with Crippen molar-refractivity contribution in [2.75, 3.05) is 19.7 Å². The van der Waals surface area contributed by atoms with Crippen LogP contribution in [0.5, 0.6) is 0 Å². The maximum absolute atomic E-state index is 6.15. The molecule has 0 saturated carbocycles. The van der Waals surface area contributed by atoms with Crippen LogP contribution in [-0.2, 0) is 11.3 Å². The van der Waals surface area contributed by atoms with E-state index in [0.29, 0.717) is 5.15 Å². The Bertz CT molecular complexity index is 307. The molecule has 4 nitrogen and oxygen atoms in total. The number of morpholine rings is 1. The van der Waals surface area contributed by atoms with Gasteiger partial charge in [-0.1, -0.05) is 11.6 Å². The van der Waals surface area contributed by atoms with Crippen LogP contribution in [0.4, 0.5) is 0 Å². The van der Waals surface area contributed by atoms with Crippen LogP contribution in [0.15, 0.2) is 6.20 Å². The molecule has 0 spiro atoms. The average Bonchev–Trinajstić information content (AvgIpc) is 2.61. The fourth-order valence-electron chi connectivity index (χ4n) is 1.59. The smallest absolute Gasteiger partial charge is 0.132 e. The van der Waals surface area contributed by atoms with Gasteiger partial charge in [-0.2, -0.15) is 5.10 Å². The molecule has 1 aliphatic rings. The molecule has 0 amide bonds. The van der Waals surface area contributed by atoms with Gasteiger partial charge in [-0.05, 0) is 6.92 Å². The van der Waals surface area contributed by atoms with Gasteiger partial charge in [0.25, 0.3) is 0 Å². The lowest BCUT2D eigenvalue weighted by molar-refractivity contribution is 0.0277. The van der Waals surface area contributed by atoms with Crippen molar-refractivity contribution in [2.45, 2.75) is 19.6 Å². The fourth-order valence-corrected chi connectivity index (χ4v) is 1.92. The first kappa shape index (κ1) is 9.96. The molecule has 0 aliphatic carbocycles. The maximum atomic E-state index is 6.15. The summed E-state index contributed by atoms with van der Waals surface area (Å²) >= 11 is 6.15. The van der Waals surface area contributed by atoms with E-state index < -0.39 is 0 Å². The zero-order chi connectivity index (χ0) is 9.97. The first-order valence-corrected chi connectivity index (χ1v) is 5.24. The largest absolute Gasteiger partial charge is 0.371 e. The van der Waals surface area contributed by atoms with E-state index in [1.165, 1.54) is 0 Å². The summed E-state index contributed by atoms with van der Waals surface area (Å²) in [6, 6.07) is 0. The summed E-state index contributed by atoms with van der Waals surface area (Å²) in [5.74, 6) is 0. The summed E-state index contributed by atoms with van der Waals surface area (Å²) in [6.07, 6.45) is 1.85. The lowest BCUT2D eigenvalue weighted by Crippen LogP contribution is -2.33. The molecule has 2 heterocycles. The van der Waals surface area contributed by atoms with Crippen molar-refractivity contribution >= 4 is 11.6 Å². The molecular weight excluding hydrogens is 202 g/mol. The summed E-state index contributed by atoms with van der Waals surface area (Å²) < 4.78 is 7.38. The van der Waals surface area contributed by atoms with Gasteiger partial charge in [-0.3, -0.25) is 4.68 Å². The van der Waals surface area contributed by atoms with Gasteiger partial charge in [-0.25, -0.2) is 0 Å². The van der Waals surface area contributed by atoms with Gasteiger partial charge < -0.3 is 10.1 Å². The zero-order valence-corrected chi connectivity index (χ0v) is 8.92. The Kier molecular flexibility index (Phi) is 3.05. The van der Waals surface area contributed by atoms with E-state index in [-0.39, 0.29) is 6.10 Å². The van der Waals surface area contributed by atoms with E-state index in [0.717, 1.165) is 31.8 Å². The number of rotatable bonds is 2. The third-order valence-electron chi connectivity index (χ3n) is 2.38. The third kappa shape index (κ3) is 1.78. The summed E-state index contributed by atoms with van der Waals surface area (Å²) in [4.78, 5) is 0. The van der Waals surface area contributed by atoms with E-state index in [4.69, 9.17) is 16.3 Å². The monoisotopic (exact) mass is 215 g/mol. The first-order chi connectivity index (χ1) is 6.83. The molecule has 0 bridgehead atoms. The first-order valence-electron chi connectivity index (χ1n) is 4.86. The highest BCUT2D eigenvalue weighted by atomic mass is 35.5. The van der Waals surface area contributed by atoms with E-state index in [9.17, 15) is 0 Å². The standard InChI is InChI=1S/C9H14ClN3O/c1-2-13-9(10)7(5-12-13)8-6-11-3-4-14-8/h5,8,11H,2-4,6H2,1H3. The molecule has 1 aromatic rings. The van der Waals surface area contributed by atoms with Crippen LogP contribution < -0.4 is 5.32 Å². The average molecular weight is 216 g/mol. The van der Waals surface area contributed by atoms with Crippen LogP contribution >= 0.6 is 11.6 Å². The van der Waals surface area contributed by atoms with Crippen molar-refractivity contribution in [3.05, 3.63) is 16.9 Å². The van der Waals surface area contributed by atoms with Gasteiger partial charge in [0.1, 0.15) is 5.15 Å². The maximum Gasteiger partial charge on any atom is 0.132 e. The molecule has 1 saturated heterocycles. The normalized spacial score (nSPS) is 22.6. The molecule has 1 aliphatic heterocycles. The molecule has 0 aromatic carbocycles. The van der Waals surface area contributed by atoms with Crippen LogP contribution in [-0.4, -0.2) is 29.5 Å². The Morgan fingerprint density at radius 1 is 1.79 bits per heavy atom. The second kappa shape index (κ2) is 4.29. The summed E-state index contributed by atoms with van der Waals surface area (Å²) in [5, 5.41) is 8.15. The molecule has 78 valence electrons. The molecule has 1 aromatic heterocycles. The molecule has 1 fully saturated rings. The Labute approximate surface area is 88.2 Å². The Morgan fingerprint density at radius 2 is 2.64 bits per heavy atom. The van der Waals surface area contributed by atoms with Gasteiger partial charge in [0.15, 0.2) is 0 Å². The van der Waals surface area contributed by atoms with Gasteiger partial charge >= 0.3 is 0 Å². The number of aryl methyl sites for hydroxylation is 1. The summed E-state index contributed by atoms with van der Waals surface area (Å²) in [7, 11) is 0. The number of nitrogens with zero attached hydrogens (tertiary/aromatic N) is 2. The van der Waals surface area contributed by atoms with Crippen molar-refractivity contribution in [3.8, 4) is 0 Å². The second-order valence-electron chi connectivity index (χ2n) is 3.27. The highest BCUT2D eigenvalue weighted by Gasteiger charge is 2.21. The zero-order valence-electron chi connectivity index (χ0n) is 8.16. The van der Waals surface area contributed by atoms with Gasteiger partial charge in [0, 0.05) is 25.2 Å². The van der Waals surface area contributed by atoms with Gasteiger partial charge in [0.05, 0.1) is 18.9 Å². The SMILES string of the molecule is CCn1ncc(C2CNCCO2)c1Cl. The molecule has 1 unspecified atom stereocenters. The number of ether oxygens (including phenoxy) is 1. The lowest BCUT2D eigenvalue weighted by atomic mass is 10.2. The molecule has 2 rings (SSSR count). The highest BCUT2D eigenvalue weighted by Crippen LogP contribution is 2.25. The van der Waals surface area contributed by atoms with Gasteiger partial charge in [-0.15, -0.1) is 0 Å². The van der Waals surface area contributed by atoms with Crippen molar-refractivity contribution in [1.29, 1.82) is 0 Å². The molecule has 0 radical (unpaired) electrons. The number of hydrogen-bond donors (Lipinski definition) is 1. The third-order valence-corrected chi connectivity index (χ3v) is 2.79. The predicted octanol–water partition coefficient (Wildman–Crippen LogP) is 1.22. The number of halogens is 1. The lowest BCUT2D eigenvalue weighted by Gasteiger charge is -2.22. The number of hydrogen-bond acceptors (Lipinski definition) is 3. The minimum absolute atomic E-state index is 0.0524. The number of aromatic nitrogens is 2. The minimum Gasteiger partial charge on any atom is -0.371 e. The quantitative estimate of drug-likeness (QED) is 0.807. The Hall–Kier alpha value is -0.580. The summed E-state index contributed by atoms with van der Waals surface area (Å²) in [5.41, 5.74) is 0.987. The molecule has 1 N–H and O–H groups in total. The van der Waals surface area contributed by atoms with Gasteiger partial charge in [0.2, 0.25) is 0 Å². The Morgan fingerprint density at radius 3 is 3.21 bits per heavy atom. The Balaban J connectivity index is 2.18. The van der Waals surface area contributed by atoms with E-state index in [1.807, 2.05) is 6.92 Å². The minimum atomic E-state index is 0.0524. The molecule has 5 heteroatoms.